The van der Waals surface area contributed by atoms with E-state index in [0.29, 0.717) is 27.5 Å². The molecule has 7 heteroatoms. The molecule has 0 aliphatic heterocycles. The third-order valence-corrected chi connectivity index (χ3v) is 4.41. The molecule has 5 nitrogen and oxygen atoms in total. The monoisotopic (exact) mass is 456 g/mol. The number of hydrazone groups is 1. The van der Waals surface area contributed by atoms with E-state index in [2.05, 4.69) is 26.5 Å². The number of amides is 1. The Morgan fingerprint density at radius 3 is 2.39 bits per heavy atom. The van der Waals surface area contributed by atoms with E-state index in [1.54, 1.807) is 66.7 Å². The number of hydrogen-bond acceptors (Lipinski definition) is 4. The predicted octanol–water partition coefficient (Wildman–Crippen LogP) is 5.09. The molecule has 0 aliphatic rings. The van der Waals surface area contributed by atoms with Crippen LogP contribution in [0.15, 0.2) is 82.4 Å². The summed E-state index contributed by atoms with van der Waals surface area (Å²) in [5.41, 5.74) is 3.81. The molecule has 0 spiro atoms. The number of benzene rings is 3. The zero-order valence-electron chi connectivity index (χ0n) is 14.4. The van der Waals surface area contributed by atoms with Gasteiger partial charge in [-0.05, 0) is 54.6 Å². The van der Waals surface area contributed by atoms with E-state index in [0.717, 1.165) is 4.47 Å². The second kappa shape index (κ2) is 9.30. The Hall–Kier alpha value is -2.96. The summed E-state index contributed by atoms with van der Waals surface area (Å²) in [4.78, 5) is 24.4. The van der Waals surface area contributed by atoms with Crippen LogP contribution < -0.4 is 10.2 Å². The van der Waals surface area contributed by atoms with E-state index in [1.165, 1.54) is 6.21 Å². The van der Waals surface area contributed by atoms with Crippen LogP contribution >= 0.6 is 27.5 Å². The zero-order valence-corrected chi connectivity index (χ0v) is 16.8. The summed E-state index contributed by atoms with van der Waals surface area (Å²) >= 11 is 9.18. The Labute approximate surface area is 175 Å². The van der Waals surface area contributed by atoms with Gasteiger partial charge >= 0.3 is 5.97 Å². The first-order chi connectivity index (χ1) is 13.5. The lowest BCUT2D eigenvalue weighted by molar-refractivity contribution is 0.0734. The van der Waals surface area contributed by atoms with Gasteiger partial charge in [0.1, 0.15) is 5.75 Å². The molecular formula is C21H14BrClN2O3. The van der Waals surface area contributed by atoms with Crippen LogP contribution in [0.5, 0.6) is 5.75 Å². The van der Waals surface area contributed by atoms with Gasteiger partial charge in [-0.25, -0.2) is 10.2 Å². The molecule has 0 bridgehead atoms. The Morgan fingerprint density at radius 1 is 0.964 bits per heavy atom. The fourth-order valence-corrected chi connectivity index (χ4v) is 2.78. The van der Waals surface area contributed by atoms with Gasteiger partial charge in [0.2, 0.25) is 0 Å². The summed E-state index contributed by atoms with van der Waals surface area (Å²) in [5.74, 6) is -0.546. The maximum absolute atomic E-state index is 12.3. The summed E-state index contributed by atoms with van der Waals surface area (Å²) in [5, 5.41) is 4.49. The number of hydrogen-bond donors (Lipinski definition) is 1. The fraction of sp³-hybridized carbons (Fsp3) is 0. The van der Waals surface area contributed by atoms with Crippen LogP contribution in [-0.4, -0.2) is 18.1 Å². The first-order valence-electron chi connectivity index (χ1n) is 8.19. The molecule has 3 aromatic carbocycles. The maximum Gasteiger partial charge on any atom is 0.343 e. The fourth-order valence-electron chi connectivity index (χ4n) is 2.27. The van der Waals surface area contributed by atoms with Crippen LogP contribution in [0.4, 0.5) is 0 Å². The highest BCUT2D eigenvalue weighted by Gasteiger charge is 2.11. The van der Waals surface area contributed by atoms with Crippen molar-refractivity contribution in [3.63, 3.8) is 0 Å². The Bertz CT molecular complexity index is 1020. The molecule has 0 aromatic heterocycles. The van der Waals surface area contributed by atoms with Crippen molar-refractivity contribution in [3.8, 4) is 5.75 Å². The number of nitrogens with zero attached hydrogens (tertiary/aromatic N) is 1. The maximum atomic E-state index is 12.3. The highest BCUT2D eigenvalue weighted by Crippen LogP contribution is 2.23. The van der Waals surface area contributed by atoms with Crippen LogP contribution in [-0.2, 0) is 0 Å². The molecule has 0 saturated heterocycles. The molecule has 0 atom stereocenters. The van der Waals surface area contributed by atoms with E-state index < -0.39 is 5.97 Å². The van der Waals surface area contributed by atoms with Crippen LogP contribution in [0.1, 0.15) is 26.3 Å². The summed E-state index contributed by atoms with van der Waals surface area (Å²) in [7, 11) is 0. The van der Waals surface area contributed by atoms with E-state index >= 15 is 0 Å². The normalized spacial score (nSPS) is 10.6. The van der Waals surface area contributed by atoms with Crippen LogP contribution in [0.25, 0.3) is 0 Å². The van der Waals surface area contributed by atoms with Gasteiger partial charge in [-0.1, -0.05) is 45.7 Å². The van der Waals surface area contributed by atoms with Crippen LogP contribution in [0, 0.1) is 0 Å². The highest BCUT2D eigenvalue weighted by atomic mass is 79.9. The van der Waals surface area contributed by atoms with Gasteiger partial charge in [0.25, 0.3) is 5.91 Å². The molecule has 0 saturated carbocycles. The lowest BCUT2D eigenvalue weighted by Crippen LogP contribution is -2.17. The largest absolute Gasteiger partial charge is 0.422 e. The molecule has 0 aliphatic carbocycles. The molecule has 0 fully saturated rings. The third kappa shape index (κ3) is 5.28. The third-order valence-electron chi connectivity index (χ3n) is 3.66. The van der Waals surface area contributed by atoms with E-state index in [-0.39, 0.29) is 5.91 Å². The second-order valence-corrected chi connectivity index (χ2v) is 7.00. The van der Waals surface area contributed by atoms with Crippen molar-refractivity contribution in [2.24, 2.45) is 5.10 Å². The van der Waals surface area contributed by atoms with Crippen molar-refractivity contribution in [1.82, 2.24) is 5.43 Å². The average Bonchev–Trinajstić information content (AvgIpc) is 2.71. The Balaban J connectivity index is 1.73. The minimum atomic E-state index is -0.484. The summed E-state index contributed by atoms with van der Waals surface area (Å²) < 4.78 is 6.24. The molecule has 1 amide bonds. The summed E-state index contributed by atoms with van der Waals surface area (Å²) in [6, 6.07) is 20.2. The molecule has 140 valence electrons. The Kier molecular flexibility index (Phi) is 6.57. The molecule has 0 unspecified atom stereocenters. The van der Waals surface area contributed by atoms with Gasteiger partial charge < -0.3 is 4.74 Å². The number of rotatable bonds is 5. The summed E-state index contributed by atoms with van der Waals surface area (Å²) in [6.07, 6.45) is 1.41. The predicted molar refractivity (Wildman–Crippen MR) is 112 cm³/mol. The Morgan fingerprint density at radius 2 is 1.68 bits per heavy atom. The standard InChI is InChI=1S/C21H14BrClN2O3/c22-17-8-11-19(28-21(27)15-4-2-1-3-5-15)16(12-17)13-24-25-20(26)14-6-9-18(23)10-7-14/h1-13H,(H,25,26). The van der Waals surface area contributed by atoms with Crippen molar-refractivity contribution in [3.05, 3.63) is 99.0 Å². The van der Waals surface area contributed by atoms with Gasteiger partial charge in [-0.2, -0.15) is 5.10 Å². The molecule has 3 aromatic rings. The number of carbonyl (C=O) groups is 2. The quantitative estimate of drug-likeness (QED) is 0.251. The van der Waals surface area contributed by atoms with Crippen molar-refractivity contribution >= 4 is 45.6 Å². The molecule has 28 heavy (non-hydrogen) atoms. The zero-order chi connectivity index (χ0) is 19.9. The van der Waals surface area contributed by atoms with Gasteiger partial charge in [-0.15, -0.1) is 0 Å². The number of carbonyl (C=O) groups excluding carboxylic acids is 2. The minimum absolute atomic E-state index is 0.321. The number of ether oxygens (including phenoxy) is 1. The SMILES string of the molecule is O=C(NN=Cc1cc(Br)ccc1OC(=O)c1ccccc1)c1ccc(Cl)cc1. The summed E-state index contributed by atoms with van der Waals surface area (Å²) in [6.45, 7) is 0. The van der Waals surface area contributed by atoms with Gasteiger partial charge in [0, 0.05) is 20.6 Å². The van der Waals surface area contributed by atoms with Gasteiger partial charge in [-0.3, -0.25) is 4.79 Å². The van der Waals surface area contributed by atoms with E-state index in [9.17, 15) is 9.59 Å². The lowest BCUT2D eigenvalue weighted by atomic mass is 10.2. The van der Waals surface area contributed by atoms with Crippen molar-refractivity contribution in [2.45, 2.75) is 0 Å². The molecule has 0 heterocycles. The van der Waals surface area contributed by atoms with E-state index in [1.807, 2.05) is 6.07 Å². The molecule has 3 rings (SSSR count). The first-order valence-corrected chi connectivity index (χ1v) is 9.36. The van der Waals surface area contributed by atoms with Crippen molar-refractivity contribution in [1.29, 1.82) is 0 Å². The molecule has 1 N–H and O–H groups in total. The number of esters is 1. The molecule has 0 radical (unpaired) electrons. The van der Waals surface area contributed by atoms with Crippen molar-refractivity contribution < 1.29 is 14.3 Å². The lowest BCUT2D eigenvalue weighted by Gasteiger charge is -2.08. The number of halogens is 2. The highest BCUT2D eigenvalue weighted by molar-refractivity contribution is 9.10. The minimum Gasteiger partial charge on any atom is -0.422 e. The van der Waals surface area contributed by atoms with Crippen molar-refractivity contribution in [2.75, 3.05) is 0 Å². The van der Waals surface area contributed by atoms with Crippen LogP contribution in [0.3, 0.4) is 0 Å². The topological polar surface area (TPSA) is 67.8 Å². The van der Waals surface area contributed by atoms with Crippen LogP contribution in [0.2, 0.25) is 5.02 Å². The van der Waals surface area contributed by atoms with E-state index in [4.69, 9.17) is 16.3 Å². The van der Waals surface area contributed by atoms with Gasteiger partial charge in [0.05, 0.1) is 11.8 Å². The smallest absolute Gasteiger partial charge is 0.343 e. The van der Waals surface area contributed by atoms with Gasteiger partial charge in [0.15, 0.2) is 0 Å². The molecular weight excluding hydrogens is 444 g/mol. The average molecular weight is 458 g/mol. The first kappa shape index (κ1) is 19.8. The second-order valence-electron chi connectivity index (χ2n) is 5.64. The number of nitrogens with one attached hydrogen (secondary N) is 1.